The van der Waals surface area contributed by atoms with E-state index in [9.17, 15) is 17.2 Å². The Bertz CT molecular complexity index is 1020. The van der Waals surface area contributed by atoms with E-state index >= 15 is 0 Å². The van der Waals surface area contributed by atoms with Crippen LogP contribution in [-0.2, 0) is 16.6 Å². The average Bonchev–Trinajstić information content (AvgIpc) is 2.62. The van der Waals surface area contributed by atoms with Crippen LogP contribution in [0.4, 0.5) is 14.5 Å². The summed E-state index contributed by atoms with van der Waals surface area (Å²) < 4.78 is 55.0. The van der Waals surface area contributed by atoms with Crippen molar-refractivity contribution in [3.63, 3.8) is 0 Å². The molecule has 3 rings (SSSR count). The number of halogens is 2. The van der Waals surface area contributed by atoms with Gasteiger partial charge in [0.05, 0.1) is 17.1 Å². The van der Waals surface area contributed by atoms with Crippen molar-refractivity contribution in [3.8, 4) is 0 Å². The normalized spacial score (nSPS) is 11.3. The number of nitrogens with zero attached hydrogens (tertiary/aromatic N) is 1. The number of sulfonamides is 1. The molecule has 0 unspecified atom stereocenters. The van der Waals surface area contributed by atoms with Crippen LogP contribution in [-0.4, -0.2) is 8.42 Å². The Hall–Kier alpha value is -2.73. The maximum Gasteiger partial charge on any atom is 0.264 e. The largest absolute Gasteiger partial charge is 0.264 e. The van der Waals surface area contributed by atoms with Gasteiger partial charge in [-0.2, -0.15) is 0 Å². The van der Waals surface area contributed by atoms with Gasteiger partial charge in [-0.15, -0.1) is 0 Å². The number of aryl methyl sites for hydroxylation is 1. The first-order valence-electron chi connectivity index (χ1n) is 7.96. The van der Waals surface area contributed by atoms with Crippen LogP contribution in [0.1, 0.15) is 11.1 Å². The summed E-state index contributed by atoms with van der Waals surface area (Å²) in [5.41, 5.74) is 1.26. The molecule has 0 saturated carbocycles. The van der Waals surface area contributed by atoms with Gasteiger partial charge in [0.15, 0.2) is 0 Å². The quantitative estimate of drug-likeness (QED) is 0.652. The summed E-state index contributed by atoms with van der Waals surface area (Å²) >= 11 is 0. The number of anilines is 1. The molecule has 0 bridgehead atoms. The fourth-order valence-corrected chi connectivity index (χ4v) is 4.01. The zero-order valence-corrected chi connectivity index (χ0v) is 14.9. The molecule has 0 radical (unpaired) electrons. The summed E-state index contributed by atoms with van der Waals surface area (Å²) in [6, 6.07) is 18.0. The molecule has 3 aromatic rings. The van der Waals surface area contributed by atoms with Crippen LogP contribution in [0.15, 0.2) is 77.7 Å². The van der Waals surface area contributed by atoms with Crippen LogP contribution in [0, 0.1) is 18.6 Å². The van der Waals surface area contributed by atoms with Crippen molar-refractivity contribution in [1.29, 1.82) is 0 Å². The fourth-order valence-electron chi connectivity index (χ4n) is 2.56. The first-order chi connectivity index (χ1) is 12.4. The molecule has 0 aliphatic carbocycles. The Morgan fingerprint density at radius 3 is 2.27 bits per heavy atom. The van der Waals surface area contributed by atoms with Crippen LogP contribution in [0.3, 0.4) is 0 Å². The zero-order valence-electron chi connectivity index (χ0n) is 14.1. The molecule has 0 fully saturated rings. The Morgan fingerprint density at radius 1 is 0.885 bits per heavy atom. The van der Waals surface area contributed by atoms with Crippen molar-refractivity contribution in [2.75, 3.05) is 4.31 Å². The highest BCUT2D eigenvalue weighted by Crippen LogP contribution is 2.27. The van der Waals surface area contributed by atoms with Gasteiger partial charge in [0.2, 0.25) is 0 Å². The van der Waals surface area contributed by atoms with E-state index in [-0.39, 0.29) is 17.1 Å². The van der Waals surface area contributed by atoms with Gasteiger partial charge in [-0.05, 0) is 48.4 Å². The zero-order chi connectivity index (χ0) is 18.7. The van der Waals surface area contributed by atoms with Crippen LogP contribution < -0.4 is 4.31 Å². The highest BCUT2D eigenvalue weighted by atomic mass is 32.2. The van der Waals surface area contributed by atoms with E-state index in [1.54, 1.807) is 31.2 Å². The summed E-state index contributed by atoms with van der Waals surface area (Å²) in [6.45, 7) is 1.56. The van der Waals surface area contributed by atoms with E-state index in [4.69, 9.17) is 0 Å². The molecule has 0 N–H and O–H groups in total. The van der Waals surface area contributed by atoms with Gasteiger partial charge in [-0.1, -0.05) is 42.5 Å². The van der Waals surface area contributed by atoms with Crippen molar-refractivity contribution < 1.29 is 17.2 Å². The number of hydrogen-bond donors (Lipinski definition) is 0. The summed E-state index contributed by atoms with van der Waals surface area (Å²) in [5, 5.41) is 0. The third kappa shape index (κ3) is 3.75. The summed E-state index contributed by atoms with van der Waals surface area (Å²) in [5.74, 6) is -1.16. The second kappa shape index (κ2) is 7.25. The molecule has 0 aliphatic rings. The fraction of sp³-hybridized carbons (Fsp3) is 0.100. The van der Waals surface area contributed by atoms with Gasteiger partial charge in [0, 0.05) is 0 Å². The molecule has 0 aromatic heterocycles. The molecule has 26 heavy (non-hydrogen) atoms. The van der Waals surface area contributed by atoms with E-state index in [2.05, 4.69) is 0 Å². The standard InChI is InChI=1S/C20H17F2NO2S/c1-15-10-11-19(13-20(15)22)26(24,25)23(14-16-6-3-2-4-7-16)18-9-5-8-17(21)12-18/h2-13H,14H2,1H3. The third-order valence-electron chi connectivity index (χ3n) is 4.00. The Labute approximate surface area is 151 Å². The number of hydrogen-bond acceptors (Lipinski definition) is 2. The van der Waals surface area contributed by atoms with Crippen LogP contribution in [0.2, 0.25) is 0 Å². The minimum atomic E-state index is -4.08. The molecule has 0 aliphatic heterocycles. The van der Waals surface area contributed by atoms with E-state index in [0.29, 0.717) is 5.56 Å². The summed E-state index contributed by atoms with van der Waals surface area (Å²) in [4.78, 5) is -0.180. The van der Waals surface area contributed by atoms with E-state index in [0.717, 1.165) is 22.0 Å². The molecule has 3 aromatic carbocycles. The lowest BCUT2D eigenvalue weighted by Gasteiger charge is -2.25. The molecular formula is C20H17F2NO2S. The minimum absolute atomic E-state index is 0.00211. The topological polar surface area (TPSA) is 37.4 Å². The Balaban J connectivity index is 2.11. The molecule has 3 nitrogen and oxygen atoms in total. The smallest absolute Gasteiger partial charge is 0.262 e. The van der Waals surface area contributed by atoms with Crippen LogP contribution >= 0.6 is 0 Å². The van der Waals surface area contributed by atoms with Gasteiger partial charge in [-0.3, -0.25) is 4.31 Å². The second-order valence-electron chi connectivity index (χ2n) is 5.89. The van der Waals surface area contributed by atoms with Crippen LogP contribution in [0.5, 0.6) is 0 Å². The number of benzene rings is 3. The van der Waals surface area contributed by atoms with E-state index < -0.39 is 21.7 Å². The lowest BCUT2D eigenvalue weighted by molar-refractivity contribution is 0.584. The van der Waals surface area contributed by atoms with Crippen molar-refractivity contribution in [2.45, 2.75) is 18.4 Å². The summed E-state index contributed by atoms with van der Waals surface area (Å²) in [7, 11) is -4.08. The van der Waals surface area contributed by atoms with Crippen LogP contribution in [0.25, 0.3) is 0 Å². The van der Waals surface area contributed by atoms with Gasteiger partial charge in [0.25, 0.3) is 10.0 Å². The molecule has 0 saturated heterocycles. The highest BCUT2D eigenvalue weighted by Gasteiger charge is 2.26. The Kier molecular flexibility index (Phi) is 5.04. The first-order valence-corrected chi connectivity index (χ1v) is 9.40. The van der Waals surface area contributed by atoms with Crippen molar-refractivity contribution in [2.24, 2.45) is 0 Å². The molecule has 0 amide bonds. The second-order valence-corrected chi connectivity index (χ2v) is 7.75. The maximum atomic E-state index is 13.9. The minimum Gasteiger partial charge on any atom is -0.262 e. The lowest BCUT2D eigenvalue weighted by Crippen LogP contribution is -2.30. The van der Waals surface area contributed by atoms with Crippen molar-refractivity contribution >= 4 is 15.7 Å². The average molecular weight is 373 g/mol. The van der Waals surface area contributed by atoms with Gasteiger partial charge >= 0.3 is 0 Å². The van der Waals surface area contributed by atoms with Gasteiger partial charge < -0.3 is 0 Å². The monoisotopic (exact) mass is 373 g/mol. The molecule has 6 heteroatoms. The SMILES string of the molecule is Cc1ccc(S(=O)(=O)N(Cc2ccccc2)c2cccc(F)c2)cc1F. The predicted octanol–water partition coefficient (Wildman–Crippen LogP) is 4.67. The molecule has 0 atom stereocenters. The van der Waals surface area contributed by atoms with Gasteiger partial charge in [0.1, 0.15) is 11.6 Å². The highest BCUT2D eigenvalue weighted by molar-refractivity contribution is 7.92. The lowest BCUT2D eigenvalue weighted by atomic mass is 10.2. The Morgan fingerprint density at radius 2 is 1.62 bits per heavy atom. The molecule has 0 heterocycles. The number of rotatable bonds is 5. The maximum absolute atomic E-state index is 13.9. The molecule has 0 spiro atoms. The first kappa shape index (κ1) is 18.1. The van der Waals surface area contributed by atoms with Crippen molar-refractivity contribution in [1.82, 2.24) is 0 Å². The van der Waals surface area contributed by atoms with E-state index in [1.807, 2.05) is 6.07 Å². The molecule has 134 valence electrons. The van der Waals surface area contributed by atoms with E-state index in [1.165, 1.54) is 30.3 Å². The molecular weight excluding hydrogens is 356 g/mol. The summed E-state index contributed by atoms with van der Waals surface area (Å²) in [6.07, 6.45) is 0. The predicted molar refractivity (Wildman–Crippen MR) is 97.3 cm³/mol. The third-order valence-corrected chi connectivity index (χ3v) is 5.77. The van der Waals surface area contributed by atoms with Crippen molar-refractivity contribution in [3.05, 3.63) is 95.6 Å². The van der Waals surface area contributed by atoms with Gasteiger partial charge in [-0.25, -0.2) is 17.2 Å².